The molecule has 0 radical (unpaired) electrons. The summed E-state index contributed by atoms with van der Waals surface area (Å²) in [6.45, 7) is 0.867. The van der Waals surface area contributed by atoms with Crippen LogP contribution in [0, 0.1) is 0 Å². The predicted molar refractivity (Wildman–Crippen MR) is 84.0 cm³/mol. The van der Waals surface area contributed by atoms with E-state index in [2.05, 4.69) is 0 Å². The minimum Gasteiger partial charge on any atom is -0.377 e. The van der Waals surface area contributed by atoms with Crippen LogP contribution in [0.2, 0.25) is 0 Å². The summed E-state index contributed by atoms with van der Waals surface area (Å²) in [7, 11) is 0. The van der Waals surface area contributed by atoms with Gasteiger partial charge in [0, 0.05) is 18.4 Å². The molecule has 1 saturated heterocycles. The van der Waals surface area contributed by atoms with E-state index < -0.39 is 0 Å². The van der Waals surface area contributed by atoms with Gasteiger partial charge in [-0.1, -0.05) is 23.9 Å². The molecular weight excluding hydrogens is 284 g/mol. The summed E-state index contributed by atoms with van der Waals surface area (Å²) < 4.78 is 7.58. The summed E-state index contributed by atoms with van der Waals surface area (Å²) in [5.74, 6) is 0.886. The number of hydrogen-bond donors (Lipinski definition) is 0. The lowest BCUT2D eigenvalue weighted by Gasteiger charge is -2.14. The Morgan fingerprint density at radius 1 is 1.29 bits per heavy atom. The predicted octanol–water partition coefficient (Wildman–Crippen LogP) is 3.00. The number of benzene rings is 1. The first-order valence-electron chi connectivity index (χ1n) is 7.58. The first-order chi connectivity index (χ1) is 10.3. The maximum absolute atomic E-state index is 12.7. The average molecular weight is 302 g/mol. The molecule has 4 rings (SSSR count). The van der Waals surface area contributed by atoms with E-state index in [1.807, 2.05) is 28.8 Å². The van der Waals surface area contributed by atoms with Gasteiger partial charge in [0.05, 0.1) is 17.0 Å². The summed E-state index contributed by atoms with van der Waals surface area (Å²) >= 11 is 1.67. The van der Waals surface area contributed by atoms with Gasteiger partial charge in [0.15, 0.2) is 5.16 Å². The molecule has 1 aromatic carbocycles. The number of thioether (sulfide) groups is 1. The number of ether oxygens (including phenoxy) is 1. The van der Waals surface area contributed by atoms with Crippen LogP contribution < -0.4 is 5.56 Å². The highest BCUT2D eigenvalue weighted by Gasteiger charge is 2.29. The highest BCUT2D eigenvalue weighted by Crippen LogP contribution is 2.37. The van der Waals surface area contributed by atoms with Crippen molar-refractivity contribution < 1.29 is 4.74 Å². The van der Waals surface area contributed by atoms with Gasteiger partial charge in [-0.25, -0.2) is 4.98 Å². The van der Waals surface area contributed by atoms with Crippen molar-refractivity contribution in [3.63, 3.8) is 0 Å². The molecule has 1 saturated carbocycles. The van der Waals surface area contributed by atoms with Crippen LogP contribution in [-0.4, -0.2) is 28.0 Å². The highest BCUT2D eigenvalue weighted by atomic mass is 32.2. The van der Waals surface area contributed by atoms with Crippen LogP contribution in [-0.2, 0) is 4.74 Å². The lowest BCUT2D eigenvalue weighted by Crippen LogP contribution is -2.23. The van der Waals surface area contributed by atoms with Crippen LogP contribution in [0.3, 0.4) is 0 Å². The number of hydrogen-bond acceptors (Lipinski definition) is 4. The molecule has 0 spiro atoms. The first-order valence-corrected chi connectivity index (χ1v) is 8.57. The van der Waals surface area contributed by atoms with E-state index in [4.69, 9.17) is 9.72 Å². The zero-order valence-corrected chi connectivity index (χ0v) is 12.6. The van der Waals surface area contributed by atoms with E-state index in [1.54, 1.807) is 11.8 Å². The zero-order chi connectivity index (χ0) is 14.2. The molecule has 2 fully saturated rings. The summed E-state index contributed by atoms with van der Waals surface area (Å²) in [6, 6.07) is 7.98. The highest BCUT2D eigenvalue weighted by molar-refractivity contribution is 7.99. The molecule has 0 amide bonds. The molecule has 2 aromatic rings. The fraction of sp³-hybridized carbons (Fsp3) is 0.500. The third kappa shape index (κ3) is 2.60. The second-order valence-electron chi connectivity index (χ2n) is 5.76. The van der Waals surface area contributed by atoms with E-state index in [0.717, 1.165) is 54.1 Å². The Hall–Kier alpha value is -1.33. The number of fused-ring (bicyclic) bond motifs is 1. The van der Waals surface area contributed by atoms with E-state index in [0.29, 0.717) is 12.1 Å². The van der Waals surface area contributed by atoms with Crippen molar-refractivity contribution in [1.82, 2.24) is 9.55 Å². The van der Waals surface area contributed by atoms with Crippen molar-refractivity contribution in [1.29, 1.82) is 0 Å². The van der Waals surface area contributed by atoms with Gasteiger partial charge in [0.2, 0.25) is 0 Å². The maximum atomic E-state index is 12.7. The second-order valence-corrected chi connectivity index (χ2v) is 6.75. The van der Waals surface area contributed by atoms with Crippen LogP contribution in [0.25, 0.3) is 10.9 Å². The van der Waals surface area contributed by atoms with Crippen LogP contribution >= 0.6 is 11.8 Å². The molecule has 1 aliphatic heterocycles. The molecule has 110 valence electrons. The second kappa shape index (κ2) is 5.46. The fourth-order valence-corrected chi connectivity index (χ4v) is 3.96. The van der Waals surface area contributed by atoms with Crippen molar-refractivity contribution in [2.24, 2.45) is 0 Å². The number of nitrogens with zero attached hydrogens (tertiary/aromatic N) is 2. The number of para-hydroxylation sites is 1. The Balaban J connectivity index is 1.71. The van der Waals surface area contributed by atoms with E-state index in [1.165, 1.54) is 0 Å². The molecule has 1 atom stereocenters. The van der Waals surface area contributed by atoms with Crippen molar-refractivity contribution >= 4 is 22.7 Å². The molecule has 1 aliphatic carbocycles. The third-order valence-corrected chi connectivity index (χ3v) is 5.19. The quantitative estimate of drug-likeness (QED) is 0.643. The third-order valence-electron chi connectivity index (χ3n) is 4.11. The smallest absolute Gasteiger partial charge is 0.262 e. The number of rotatable bonds is 4. The molecule has 0 N–H and O–H groups in total. The van der Waals surface area contributed by atoms with Gasteiger partial charge in [-0.2, -0.15) is 0 Å². The first kappa shape index (κ1) is 13.3. The van der Waals surface area contributed by atoms with Crippen molar-refractivity contribution in [2.45, 2.75) is 43.0 Å². The molecule has 0 bridgehead atoms. The fourth-order valence-electron chi connectivity index (χ4n) is 2.83. The van der Waals surface area contributed by atoms with Crippen LogP contribution in [0.5, 0.6) is 0 Å². The number of aromatic nitrogens is 2. The van der Waals surface area contributed by atoms with Gasteiger partial charge in [-0.05, 0) is 37.8 Å². The molecular formula is C16H18N2O2S. The molecule has 0 unspecified atom stereocenters. The van der Waals surface area contributed by atoms with E-state index in [9.17, 15) is 4.79 Å². The van der Waals surface area contributed by atoms with Crippen molar-refractivity contribution in [3.8, 4) is 0 Å². The van der Waals surface area contributed by atoms with Gasteiger partial charge in [-0.3, -0.25) is 9.36 Å². The van der Waals surface area contributed by atoms with Crippen LogP contribution in [0.15, 0.2) is 34.2 Å². The molecule has 2 heterocycles. The van der Waals surface area contributed by atoms with Gasteiger partial charge >= 0.3 is 0 Å². The summed E-state index contributed by atoms with van der Waals surface area (Å²) in [5.41, 5.74) is 0.909. The van der Waals surface area contributed by atoms with Crippen molar-refractivity contribution in [3.05, 3.63) is 34.6 Å². The minimum atomic E-state index is 0.109. The standard InChI is InChI=1S/C16H18N2O2S/c19-15-13-5-1-2-6-14(13)17-16(18(15)11-7-8-11)21-10-12-4-3-9-20-12/h1-2,5-6,11-12H,3-4,7-10H2/t12-/m0/s1. The van der Waals surface area contributed by atoms with Gasteiger partial charge in [0.1, 0.15) is 0 Å². The Morgan fingerprint density at radius 3 is 2.90 bits per heavy atom. The molecule has 1 aromatic heterocycles. The normalized spacial score (nSPS) is 22.0. The summed E-state index contributed by atoms with van der Waals surface area (Å²) in [4.78, 5) is 17.4. The molecule has 4 nitrogen and oxygen atoms in total. The van der Waals surface area contributed by atoms with Crippen LogP contribution in [0.4, 0.5) is 0 Å². The lowest BCUT2D eigenvalue weighted by atomic mass is 10.2. The van der Waals surface area contributed by atoms with Gasteiger partial charge < -0.3 is 4.74 Å². The SMILES string of the molecule is O=c1c2ccccc2nc(SC[C@@H]2CCCO2)n1C1CC1. The summed E-state index contributed by atoms with van der Waals surface area (Å²) in [5, 5.41) is 1.59. The van der Waals surface area contributed by atoms with Crippen molar-refractivity contribution in [2.75, 3.05) is 12.4 Å². The van der Waals surface area contributed by atoms with Gasteiger partial charge in [0.25, 0.3) is 5.56 Å². The Morgan fingerprint density at radius 2 is 2.14 bits per heavy atom. The summed E-state index contributed by atoms with van der Waals surface area (Å²) in [6.07, 6.45) is 4.76. The Labute approximate surface area is 127 Å². The Kier molecular flexibility index (Phi) is 3.47. The van der Waals surface area contributed by atoms with E-state index in [-0.39, 0.29) is 5.56 Å². The molecule has 5 heteroatoms. The average Bonchev–Trinajstić information content (AvgIpc) is 3.20. The lowest BCUT2D eigenvalue weighted by molar-refractivity contribution is 0.129. The van der Waals surface area contributed by atoms with Gasteiger partial charge in [-0.15, -0.1) is 0 Å². The topological polar surface area (TPSA) is 44.1 Å². The zero-order valence-electron chi connectivity index (χ0n) is 11.8. The maximum Gasteiger partial charge on any atom is 0.262 e. The molecule has 21 heavy (non-hydrogen) atoms. The Bertz CT molecular complexity index is 718. The largest absolute Gasteiger partial charge is 0.377 e. The molecule has 2 aliphatic rings. The van der Waals surface area contributed by atoms with Crippen LogP contribution in [0.1, 0.15) is 31.7 Å². The minimum absolute atomic E-state index is 0.109. The monoisotopic (exact) mass is 302 g/mol. The van der Waals surface area contributed by atoms with E-state index >= 15 is 0 Å².